The molecule has 8 nitrogen and oxygen atoms in total. The maximum absolute atomic E-state index is 12.9. The monoisotopic (exact) mass is 374 g/mol. The number of ether oxygens (including phenoxy) is 1. The second-order valence-electron chi connectivity index (χ2n) is 6.91. The van der Waals surface area contributed by atoms with Gasteiger partial charge in [-0.05, 0) is 30.7 Å². The second-order valence-corrected chi connectivity index (χ2v) is 6.91. The summed E-state index contributed by atoms with van der Waals surface area (Å²) in [5, 5.41) is 0. The first-order valence-corrected chi connectivity index (χ1v) is 9.34. The highest BCUT2D eigenvalue weighted by Crippen LogP contribution is 2.28. The lowest BCUT2D eigenvalue weighted by Crippen LogP contribution is -2.53. The Morgan fingerprint density at radius 1 is 1.15 bits per heavy atom. The Morgan fingerprint density at radius 3 is 2.41 bits per heavy atom. The molecule has 8 heteroatoms. The molecular weight excluding hydrogens is 348 g/mol. The van der Waals surface area contributed by atoms with Crippen molar-refractivity contribution in [3.8, 4) is 5.75 Å². The molecule has 27 heavy (non-hydrogen) atoms. The first kappa shape index (κ1) is 19.3. The van der Waals surface area contributed by atoms with Crippen molar-refractivity contribution in [3.05, 3.63) is 24.3 Å². The van der Waals surface area contributed by atoms with Gasteiger partial charge in [0.15, 0.2) is 0 Å². The molecule has 2 heterocycles. The van der Waals surface area contributed by atoms with E-state index in [-0.39, 0.29) is 30.7 Å². The third kappa shape index (κ3) is 4.45. The molecule has 0 saturated carbocycles. The minimum atomic E-state index is -0.441. The fourth-order valence-electron chi connectivity index (χ4n) is 3.54. The van der Waals surface area contributed by atoms with Crippen LogP contribution >= 0.6 is 0 Å². The zero-order valence-corrected chi connectivity index (χ0v) is 15.6. The number of benzene rings is 1. The van der Waals surface area contributed by atoms with Crippen molar-refractivity contribution in [2.24, 2.45) is 5.73 Å². The van der Waals surface area contributed by atoms with Crippen LogP contribution in [-0.4, -0.2) is 72.9 Å². The third-order valence-corrected chi connectivity index (χ3v) is 4.92. The predicted octanol–water partition coefficient (Wildman–Crippen LogP) is 0.210. The number of amides is 3. The molecule has 0 spiro atoms. The van der Waals surface area contributed by atoms with E-state index in [0.29, 0.717) is 38.5 Å². The number of nitrogens with two attached hydrogens (primary N) is 1. The van der Waals surface area contributed by atoms with E-state index in [9.17, 15) is 14.4 Å². The standard InChI is InChI=1S/C19H26N4O4/c1-2-11-27-15-5-3-14(4-6-15)23-18(25)12-16(19(23)26)22-9-7-21(8-10-22)13-17(20)24/h3-6,16H,2,7-13H2,1H3,(H2,20,24)/t16-/m0/s1. The van der Waals surface area contributed by atoms with Gasteiger partial charge in [0, 0.05) is 26.2 Å². The first-order valence-electron chi connectivity index (χ1n) is 9.34. The smallest absolute Gasteiger partial charge is 0.251 e. The fraction of sp³-hybridized carbons (Fsp3) is 0.526. The summed E-state index contributed by atoms with van der Waals surface area (Å²) in [6.07, 6.45) is 1.10. The Balaban J connectivity index is 1.62. The molecule has 0 radical (unpaired) electrons. The number of nitrogens with zero attached hydrogens (tertiary/aromatic N) is 3. The lowest BCUT2D eigenvalue weighted by atomic mass is 10.1. The zero-order chi connectivity index (χ0) is 19.4. The highest BCUT2D eigenvalue weighted by molar-refractivity contribution is 6.22. The van der Waals surface area contributed by atoms with Crippen LogP contribution < -0.4 is 15.4 Å². The predicted molar refractivity (Wildman–Crippen MR) is 100 cm³/mol. The number of hydrogen-bond acceptors (Lipinski definition) is 6. The normalized spacial score (nSPS) is 21.7. The van der Waals surface area contributed by atoms with E-state index in [2.05, 4.69) is 0 Å². The van der Waals surface area contributed by atoms with Crippen LogP contribution in [0.1, 0.15) is 19.8 Å². The van der Waals surface area contributed by atoms with Crippen LogP contribution in [0.4, 0.5) is 5.69 Å². The fourth-order valence-corrected chi connectivity index (χ4v) is 3.54. The molecule has 1 aromatic rings. The van der Waals surface area contributed by atoms with Crippen LogP contribution in [0.5, 0.6) is 5.75 Å². The van der Waals surface area contributed by atoms with E-state index < -0.39 is 6.04 Å². The Kier molecular flexibility index (Phi) is 6.08. The molecule has 3 rings (SSSR count). The summed E-state index contributed by atoms with van der Waals surface area (Å²) in [6, 6.07) is 6.61. The molecule has 0 bridgehead atoms. The average Bonchev–Trinajstić information content (AvgIpc) is 2.95. The molecule has 2 aliphatic rings. The van der Waals surface area contributed by atoms with Gasteiger partial charge in [-0.3, -0.25) is 24.2 Å². The maximum Gasteiger partial charge on any atom is 0.251 e. The van der Waals surface area contributed by atoms with Crippen LogP contribution in [-0.2, 0) is 14.4 Å². The summed E-state index contributed by atoms with van der Waals surface area (Å²) in [6.45, 7) is 5.47. The summed E-state index contributed by atoms with van der Waals surface area (Å²) in [7, 11) is 0. The minimum Gasteiger partial charge on any atom is -0.494 e. The quantitative estimate of drug-likeness (QED) is 0.686. The largest absolute Gasteiger partial charge is 0.494 e. The Bertz CT molecular complexity index is 698. The average molecular weight is 374 g/mol. The molecule has 0 aliphatic carbocycles. The van der Waals surface area contributed by atoms with Gasteiger partial charge in [0.1, 0.15) is 5.75 Å². The Hall–Kier alpha value is -2.45. The molecule has 3 amide bonds. The first-order chi connectivity index (χ1) is 13.0. The molecular formula is C19H26N4O4. The van der Waals surface area contributed by atoms with E-state index in [0.717, 1.165) is 12.2 Å². The van der Waals surface area contributed by atoms with E-state index in [1.165, 1.54) is 4.90 Å². The number of carbonyl (C=O) groups excluding carboxylic acids is 3. The van der Waals surface area contributed by atoms with E-state index in [4.69, 9.17) is 10.5 Å². The van der Waals surface area contributed by atoms with Gasteiger partial charge in [0.25, 0.3) is 5.91 Å². The van der Waals surface area contributed by atoms with Crippen LogP contribution in [0.25, 0.3) is 0 Å². The maximum atomic E-state index is 12.9. The van der Waals surface area contributed by atoms with E-state index >= 15 is 0 Å². The number of hydrogen-bond donors (Lipinski definition) is 1. The van der Waals surface area contributed by atoms with Crippen molar-refractivity contribution in [2.45, 2.75) is 25.8 Å². The molecule has 2 N–H and O–H groups in total. The van der Waals surface area contributed by atoms with Gasteiger partial charge in [-0.2, -0.15) is 0 Å². The minimum absolute atomic E-state index is 0.183. The van der Waals surface area contributed by atoms with Gasteiger partial charge in [-0.25, -0.2) is 4.90 Å². The molecule has 1 atom stereocenters. The van der Waals surface area contributed by atoms with Gasteiger partial charge < -0.3 is 10.5 Å². The van der Waals surface area contributed by atoms with Crippen LogP contribution in [0, 0.1) is 0 Å². The van der Waals surface area contributed by atoms with Crippen molar-refractivity contribution in [2.75, 3.05) is 44.2 Å². The Morgan fingerprint density at radius 2 is 1.81 bits per heavy atom. The Labute approximate surface area is 158 Å². The SMILES string of the molecule is CCCOc1ccc(N2C(=O)C[C@H](N3CCN(CC(N)=O)CC3)C2=O)cc1. The number of carbonyl (C=O) groups is 3. The molecule has 1 aromatic carbocycles. The molecule has 146 valence electrons. The van der Waals surface area contributed by atoms with Crippen molar-refractivity contribution in [1.29, 1.82) is 0 Å². The summed E-state index contributed by atoms with van der Waals surface area (Å²) < 4.78 is 5.55. The molecule has 0 aromatic heterocycles. The van der Waals surface area contributed by atoms with Gasteiger partial charge in [0.2, 0.25) is 11.8 Å². The van der Waals surface area contributed by atoms with Gasteiger partial charge >= 0.3 is 0 Å². The van der Waals surface area contributed by atoms with Crippen LogP contribution in [0.2, 0.25) is 0 Å². The van der Waals surface area contributed by atoms with Gasteiger partial charge in [-0.15, -0.1) is 0 Å². The van der Waals surface area contributed by atoms with Gasteiger partial charge in [-0.1, -0.05) is 6.92 Å². The highest BCUT2D eigenvalue weighted by Gasteiger charge is 2.43. The summed E-state index contributed by atoms with van der Waals surface area (Å²) in [5.74, 6) is -0.00713. The van der Waals surface area contributed by atoms with Crippen LogP contribution in [0.3, 0.4) is 0 Å². The number of rotatable bonds is 7. The van der Waals surface area contributed by atoms with Crippen molar-refractivity contribution >= 4 is 23.4 Å². The van der Waals surface area contributed by atoms with Crippen molar-refractivity contribution in [1.82, 2.24) is 9.80 Å². The topological polar surface area (TPSA) is 96.2 Å². The van der Waals surface area contributed by atoms with E-state index in [1.54, 1.807) is 24.3 Å². The van der Waals surface area contributed by atoms with Crippen molar-refractivity contribution in [3.63, 3.8) is 0 Å². The number of imide groups is 1. The lowest BCUT2D eigenvalue weighted by molar-refractivity contribution is -0.124. The molecule has 0 unspecified atom stereocenters. The lowest BCUT2D eigenvalue weighted by Gasteiger charge is -2.36. The van der Waals surface area contributed by atoms with Crippen molar-refractivity contribution < 1.29 is 19.1 Å². The zero-order valence-electron chi connectivity index (χ0n) is 15.6. The second kappa shape index (κ2) is 8.49. The number of anilines is 1. The van der Waals surface area contributed by atoms with Crippen LogP contribution in [0.15, 0.2) is 24.3 Å². The summed E-state index contributed by atoms with van der Waals surface area (Å²) in [5.41, 5.74) is 5.80. The third-order valence-electron chi connectivity index (χ3n) is 4.92. The number of primary amides is 1. The summed E-state index contributed by atoms with van der Waals surface area (Å²) >= 11 is 0. The highest BCUT2D eigenvalue weighted by atomic mass is 16.5. The summed E-state index contributed by atoms with van der Waals surface area (Å²) in [4.78, 5) is 41.6. The molecule has 2 saturated heterocycles. The number of piperazine rings is 1. The molecule has 2 fully saturated rings. The van der Waals surface area contributed by atoms with E-state index in [1.807, 2.05) is 16.7 Å². The van der Waals surface area contributed by atoms with Gasteiger partial charge in [0.05, 0.1) is 31.3 Å². The molecule has 2 aliphatic heterocycles.